The lowest BCUT2D eigenvalue weighted by Crippen LogP contribution is -2.56. The fraction of sp³-hybridized carbons (Fsp3) is 0.806. The van der Waals surface area contributed by atoms with Crippen molar-refractivity contribution in [3.05, 3.63) is 35.9 Å². The highest BCUT2D eigenvalue weighted by molar-refractivity contribution is 5.78. The predicted octanol–water partition coefficient (Wildman–Crippen LogP) is 4.04. The standard InChI is InChI=1S/C36H61N3O8/c1-37(2)36(33-10-5-4-6-11-33)14-12-35(13-15-36)31-38(34(40)39(35)30-32-8-7-9-32)16-17-42-20-21-44-24-25-46-28-29-47-27-26-45-23-22-43-19-18-41-3/h4-6,10-11,32H,7-9,12-31H2,1-3H3/t35-,36-. The third-order valence-corrected chi connectivity index (χ3v) is 10.2. The van der Waals surface area contributed by atoms with Crippen molar-refractivity contribution in [2.24, 2.45) is 5.92 Å². The van der Waals surface area contributed by atoms with Crippen molar-refractivity contribution in [2.75, 3.05) is 127 Å². The van der Waals surface area contributed by atoms with Gasteiger partial charge in [-0.3, -0.25) is 4.90 Å². The Hall–Kier alpha value is -1.83. The molecule has 2 saturated carbocycles. The van der Waals surface area contributed by atoms with E-state index in [9.17, 15) is 4.79 Å². The van der Waals surface area contributed by atoms with Gasteiger partial charge in [-0.2, -0.15) is 0 Å². The normalized spacial score (nSPS) is 23.4. The van der Waals surface area contributed by atoms with Crippen molar-refractivity contribution >= 4 is 6.03 Å². The summed E-state index contributed by atoms with van der Waals surface area (Å²) in [7, 11) is 6.06. The lowest BCUT2D eigenvalue weighted by Gasteiger charge is -2.51. The highest BCUT2D eigenvalue weighted by atomic mass is 16.6. The smallest absolute Gasteiger partial charge is 0.320 e. The zero-order valence-corrected chi connectivity index (χ0v) is 29.3. The van der Waals surface area contributed by atoms with E-state index < -0.39 is 0 Å². The second-order valence-electron chi connectivity index (χ2n) is 13.3. The number of rotatable bonds is 25. The van der Waals surface area contributed by atoms with Gasteiger partial charge >= 0.3 is 6.03 Å². The summed E-state index contributed by atoms with van der Waals surface area (Å²) >= 11 is 0. The minimum Gasteiger partial charge on any atom is -0.382 e. The molecule has 1 aromatic rings. The first-order valence-corrected chi connectivity index (χ1v) is 17.8. The van der Waals surface area contributed by atoms with Crippen molar-refractivity contribution in [1.82, 2.24) is 14.7 Å². The number of benzene rings is 1. The Kier molecular flexibility index (Phi) is 16.7. The first kappa shape index (κ1) is 38.0. The van der Waals surface area contributed by atoms with Crippen molar-refractivity contribution in [3.8, 4) is 0 Å². The molecular formula is C36H61N3O8. The number of hydrogen-bond acceptors (Lipinski definition) is 9. The Labute approximate surface area is 283 Å². The molecule has 11 heteroatoms. The predicted molar refractivity (Wildman–Crippen MR) is 181 cm³/mol. The molecule has 1 aromatic carbocycles. The van der Waals surface area contributed by atoms with E-state index in [0.29, 0.717) is 98.4 Å². The molecule has 11 nitrogen and oxygen atoms in total. The monoisotopic (exact) mass is 663 g/mol. The molecule has 1 heterocycles. The van der Waals surface area contributed by atoms with Gasteiger partial charge in [0.25, 0.3) is 0 Å². The van der Waals surface area contributed by atoms with Crippen LogP contribution < -0.4 is 0 Å². The quantitative estimate of drug-likeness (QED) is 0.144. The Balaban J connectivity index is 1.06. The first-order chi connectivity index (χ1) is 23.0. The molecule has 2 amide bonds. The van der Waals surface area contributed by atoms with E-state index in [2.05, 4.69) is 54.2 Å². The van der Waals surface area contributed by atoms with Crippen molar-refractivity contribution in [1.29, 1.82) is 0 Å². The summed E-state index contributed by atoms with van der Waals surface area (Å²) in [5, 5.41) is 0. The summed E-state index contributed by atoms with van der Waals surface area (Å²) in [6.07, 6.45) is 7.94. The molecule has 268 valence electrons. The van der Waals surface area contributed by atoms with Crippen LogP contribution in [0.5, 0.6) is 0 Å². The molecule has 0 atom stereocenters. The van der Waals surface area contributed by atoms with E-state index in [-0.39, 0.29) is 17.1 Å². The van der Waals surface area contributed by atoms with Gasteiger partial charge in [-0.05, 0) is 64.1 Å². The largest absolute Gasteiger partial charge is 0.382 e. The minimum atomic E-state index is -0.0810. The van der Waals surface area contributed by atoms with Crippen LogP contribution in [0.4, 0.5) is 4.79 Å². The summed E-state index contributed by atoms with van der Waals surface area (Å²) in [6.45, 7) is 9.27. The zero-order chi connectivity index (χ0) is 33.2. The molecule has 3 fully saturated rings. The lowest BCUT2D eigenvalue weighted by atomic mass is 9.68. The average Bonchev–Trinajstić information content (AvgIpc) is 3.31. The van der Waals surface area contributed by atoms with Gasteiger partial charge in [0.05, 0.1) is 91.4 Å². The molecule has 0 N–H and O–H groups in total. The number of carbonyl (C=O) groups excluding carboxylic acids is 1. The maximum Gasteiger partial charge on any atom is 0.320 e. The molecular weight excluding hydrogens is 602 g/mol. The number of urea groups is 1. The summed E-state index contributed by atoms with van der Waals surface area (Å²) in [5.74, 6) is 0.650. The van der Waals surface area contributed by atoms with E-state index in [1.807, 2.05) is 4.90 Å². The number of hydrogen-bond donors (Lipinski definition) is 0. The van der Waals surface area contributed by atoms with Gasteiger partial charge in [-0.1, -0.05) is 36.8 Å². The number of carbonyl (C=O) groups is 1. The highest BCUT2D eigenvalue weighted by Crippen LogP contribution is 2.49. The molecule has 2 aliphatic carbocycles. The maximum absolute atomic E-state index is 13.8. The molecule has 0 aromatic heterocycles. The molecule has 0 unspecified atom stereocenters. The average molecular weight is 664 g/mol. The second-order valence-corrected chi connectivity index (χ2v) is 13.3. The molecule has 47 heavy (non-hydrogen) atoms. The van der Waals surface area contributed by atoms with Crippen molar-refractivity contribution < 1.29 is 38.0 Å². The van der Waals surface area contributed by atoms with Gasteiger partial charge in [-0.15, -0.1) is 0 Å². The van der Waals surface area contributed by atoms with Gasteiger partial charge in [-0.25, -0.2) is 4.79 Å². The molecule has 3 aliphatic rings. The van der Waals surface area contributed by atoms with Crippen LogP contribution in [-0.4, -0.2) is 153 Å². The number of amides is 2. The van der Waals surface area contributed by atoms with Crippen LogP contribution in [0.15, 0.2) is 30.3 Å². The van der Waals surface area contributed by atoms with Crippen LogP contribution in [0, 0.1) is 5.92 Å². The summed E-state index contributed by atoms with van der Waals surface area (Å²) in [4.78, 5) is 20.5. The summed E-state index contributed by atoms with van der Waals surface area (Å²) < 4.78 is 38.3. The number of ether oxygens (including phenoxy) is 7. The molecule has 0 bridgehead atoms. The number of methoxy groups -OCH3 is 1. The van der Waals surface area contributed by atoms with Crippen LogP contribution in [0.2, 0.25) is 0 Å². The van der Waals surface area contributed by atoms with Crippen molar-refractivity contribution in [3.63, 3.8) is 0 Å². The fourth-order valence-corrected chi connectivity index (χ4v) is 7.08. The van der Waals surface area contributed by atoms with Crippen LogP contribution >= 0.6 is 0 Å². The Bertz CT molecular complexity index is 988. The van der Waals surface area contributed by atoms with E-state index in [0.717, 1.165) is 38.8 Å². The third-order valence-electron chi connectivity index (χ3n) is 10.2. The second kappa shape index (κ2) is 20.6. The van der Waals surface area contributed by atoms with Gasteiger partial charge in [0, 0.05) is 32.3 Å². The Morgan fingerprint density at radius 2 is 1.19 bits per heavy atom. The molecule has 0 radical (unpaired) electrons. The van der Waals surface area contributed by atoms with Crippen LogP contribution in [0.25, 0.3) is 0 Å². The van der Waals surface area contributed by atoms with E-state index >= 15 is 0 Å². The summed E-state index contributed by atoms with van der Waals surface area (Å²) in [6, 6.07) is 11.1. The molecule has 1 spiro atoms. The van der Waals surface area contributed by atoms with Gasteiger partial charge in [0.1, 0.15) is 0 Å². The molecule has 1 saturated heterocycles. The van der Waals surface area contributed by atoms with Crippen LogP contribution in [0.3, 0.4) is 0 Å². The highest BCUT2D eigenvalue weighted by Gasteiger charge is 2.54. The zero-order valence-electron chi connectivity index (χ0n) is 29.3. The van der Waals surface area contributed by atoms with Gasteiger partial charge in [0.15, 0.2) is 0 Å². The Morgan fingerprint density at radius 3 is 1.64 bits per heavy atom. The summed E-state index contributed by atoms with van der Waals surface area (Å²) in [5.41, 5.74) is 1.32. The van der Waals surface area contributed by atoms with E-state index in [4.69, 9.17) is 33.2 Å². The van der Waals surface area contributed by atoms with Crippen LogP contribution in [0.1, 0.15) is 50.5 Å². The number of nitrogens with zero attached hydrogens (tertiary/aromatic N) is 3. The molecule has 4 rings (SSSR count). The van der Waals surface area contributed by atoms with Crippen molar-refractivity contribution in [2.45, 2.75) is 56.0 Å². The fourth-order valence-electron chi connectivity index (χ4n) is 7.08. The van der Waals surface area contributed by atoms with E-state index in [1.165, 1.54) is 24.8 Å². The lowest BCUT2D eigenvalue weighted by molar-refractivity contribution is -0.0194. The third kappa shape index (κ3) is 11.4. The molecule has 1 aliphatic heterocycles. The Morgan fingerprint density at radius 1 is 0.702 bits per heavy atom. The topological polar surface area (TPSA) is 91.4 Å². The SMILES string of the molecule is COCCOCCOCCOCCOCCOCCOCCN1C[C@]2(CC[C@@](c3ccccc3)(N(C)C)CC2)N(CC2CCC2)C1=O. The van der Waals surface area contributed by atoms with Gasteiger partial charge < -0.3 is 43.0 Å². The first-order valence-electron chi connectivity index (χ1n) is 17.8. The van der Waals surface area contributed by atoms with E-state index in [1.54, 1.807) is 7.11 Å². The maximum atomic E-state index is 13.8. The van der Waals surface area contributed by atoms with Crippen LogP contribution in [-0.2, 0) is 38.7 Å². The minimum absolute atomic E-state index is 0.0168. The van der Waals surface area contributed by atoms with Gasteiger partial charge in [0.2, 0.25) is 0 Å².